The van der Waals surface area contributed by atoms with Crippen LogP contribution in [0.2, 0.25) is 0 Å². The maximum Gasteiger partial charge on any atom is 0.147 e. The predicted molar refractivity (Wildman–Crippen MR) is 76.7 cm³/mol. The molecule has 0 unspecified atom stereocenters. The van der Waals surface area contributed by atoms with Crippen LogP contribution in [-0.4, -0.2) is 48.8 Å². The average Bonchev–Trinajstić information content (AvgIpc) is 2.83. The van der Waals surface area contributed by atoms with E-state index in [1.807, 2.05) is 24.0 Å². The Hall–Kier alpha value is -1.79. The summed E-state index contributed by atoms with van der Waals surface area (Å²) in [6.45, 7) is 8.67. The first kappa shape index (κ1) is 13.6. The first-order valence-electron chi connectivity index (χ1n) is 6.30. The van der Waals surface area contributed by atoms with E-state index in [1.54, 1.807) is 11.7 Å². The third kappa shape index (κ3) is 2.64. The van der Waals surface area contributed by atoms with Gasteiger partial charge in [-0.3, -0.25) is 10.5 Å². The normalized spacial score (nSPS) is 15.4. The van der Waals surface area contributed by atoms with Crippen LogP contribution >= 0.6 is 0 Å². The van der Waals surface area contributed by atoms with E-state index >= 15 is 0 Å². The molecule has 0 aliphatic carbocycles. The zero-order valence-electron chi connectivity index (χ0n) is 11.5. The number of nitrogens with one attached hydrogen (secondary N) is 1. The molecule has 6 nitrogen and oxygen atoms in total. The molecule has 1 aliphatic heterocycles. The van der Waals surface area contributed by atoms with Crippen LogP contribution in [0.25, 0.3) is 5.57 Å². The van der Waals surface area contributed by atoms with Crippen LogP contribution in [0, 0.1) is 5.41 Å². The zero-order valence-corrected chi connectivity index (χ0v) is 11.5. The lowest BCUT2D eigenvalue weighted by Gasteiger charge is -2.30. The number of nitrogens with two attached hydrogens (primary N) is 1. The number of hydrazine groups is 1. The second-order valence-corrected chi connectivity index (χ2v) is 4.72. The largest absolute Gasteiger partial charge is 0.378 e. The van der Waals surface area contributed by atoms with Crippen LogP contribution in [0.4, 0.5) is 0 Å². The van der Waals surface area contributed by atoms with E-state index < -0.39 is 0 Å². The molecule has 0 saturated carbocycles. The first-order chi connectivity index (χ1) is 9.02. The topological polar surface area (TPSA) is 70.5 Å². The molecule has 0 amide bonds. The maximum atomic E-state index is 8.35. The Balaban J connectivity index is 2.33. The van der Waals surface area contributed by atoms with Gasteiger partial charge in [-0.05, 0) is 24.6 Å². The molecule has 1 saturated heterocycles. The molecular weight excluding hydrogens is 242 g/mol. The van der Waals surface area contributed by atoms with E-state index in [0.717, 1.165) is 30.1 Å². The van der Waals surface area contributed by atoms with Crippen LogP contribution < -0.4 is 11.0 Å². The summed E-state index contributed by atoms with van der Waals surface area (Å²) >= 11 is 0. The summed E-state index contributed by atoms with van der Waals surface area (Å²) in [5.41, 5.74) is 2.60. The summed E-state index contributed by atoms with van der Waals surface area (Å²) in [5.74, 6) is 6.35. The molecule has 6 heteroatoms. The number of aromatic nitrogens is 1. The number of hydrogen-bond acceptors (Lipinski definition) is 4. The van der Waals surface area contributed by atoms with Crippen molar-refractivity contribution in [3.8, 4) is 0 Å². The molecule has 1 aliphatic rings. The number of allylic oxidation sites excluding steroid dienone is 1. The standard InChI is InChI=1S/C13H21N5O/c1-10(2)11-4-5-12(18(11)16(3)15)13(14)17-6-8-19-9-7-17/h4-5,14H,1,6-9,15H2,2-3H3. The molecule has 2 rings (SSSR count). The van der Waals surface area contributed by atoms with Crippen molar-refractivity contribution in [1.82, 2.24) is 9.58 Å². The molecule has 0 aromatic carbocycles. The first-order valence-corrected chi connectivity index (χ1v) is 6.30. The van der Waals surface area contributed by atoms with Gasteiger partial charge in [-0.25, -0.2) is 10.5 Å². The highest BCUT2D eigenvalue weighted by atomic mass is 16.5. The van der Waals surface area contributed by atoms with E-state index in [-0.39, 0.29) is 0 Å². The third-order valence-corrected chi connectivity index (χ3v) is 3.18. The summed E-state index contributed by atoms with van der Waals surface area (Å²) in [5, 5.41) is 9.83. The molecule has 1 aromatic rings. The highest BCUT2D eigenvalue weighted by molar-refractivity contribution is 5.95. The Morgan fingerprint density at radius 3 is 2.47 bits per heavy atom. The summed E-state index contributed by atoms with van der Waals surface area (Å²) in [7, 11) is 1.75. The van der Waals surface area contributed by atoms with Gasteiger partial charge in [0, 0.05) is 20.1 Å². The van der Waals surface area contributed by atoms with E-state index in [9.17, 15) is 0 Å². The average molecular weight is 263 g/mol. The molecule has 0 radical (unpaired) electrons. The van der Waals surface area contributed by atoms with E-state index in [1.165, 1.54) is 5.12 Å². The highest BCUT2D eigenvalue weighted by Crippen LogP contribution is 2.18. The van der Waals surface area contributed by atoms with Gasteiger partial charge in [0.2, 0.25) is 0 Å². The molecule has 3 N–H and O–H groups in total. The maximum absolute atomic E-state index is 8.35. The summed E-state index contributed by atoms with van der Waals surface area (Å²) in [6, 6.07) is 3.85. The lowest BCUT2D eigenvalue weighted by molar-refractivity contribution is 0.0678. The van der Waals surface area contributed by atoms with Crippen molar-refractivity contribution in [1.29, 1.82) is 5.41 Å². The lowest BCUT2D eigenvalue weighted by atomic mass is 10.2. The van der Waals surface area contributed by atoms with Crippen molar-refractivity contribution in [2.45, 2.75) is 6.92 Å². The fourth-order valence-electron chi connectivity index (χ4n) is 2.22. The number of hydrogen-bond donors (Lipinski definition) is 2. The summed E-state index contributed by atoms with van der Waals surface area (Å²) in [6.07, 6.45) is 0. The number of nitrogens with zero attached hydrogens (tertiary/aromatic N) is 3. The SMILES string of the molecule is C=C(C)c1ccc(C(=N)N2CCOCC2)n1N(C)N. The molecule has 0 bridgehead atoms. The molecule has 1 fully saturated rings. The Morgan fingerprint density at radius 1 is 1.37 bits per heavy atom. The minimum atomic E-state index is 0.466. The molecule has 1 aromatic heterocycles. The number of amidine groups is 1. The van der Waals surface area contributed by atoms with Gasteiger partial charge in [-0.2, -0.15) is 0 Å². The molecule has 0 spiro atoms. The van der Waals surface area contributed by atoms with Crippen molar-refractivity contribution in [3.63, 3.8) is 0 Å². The van der Waals surface area contributed by atoms with Gasteiger partial charge in [-0.1, -0.05) is 6.58 Å². The fourth-order valence-corrected chi connectivity index (χ4v) is 2.22. The van der Waals surface area contributed by atoms with E-state index in [4.69, 9.17) is 16.0 Å². The Kier molecular flexibility index (Phi) is 3.92. The van der Waals surface area contributed by atoms with Gasteiger partial charge in [0.25, 0.3) is 0 Å². The van der Waals surface area contributed by atoms with Gasteiger partial charge < -0.3 is 9.64 Å². The van der Waals surface area contributed by atoms with Crippen molar-refractivity contribution < 1.29 is 4.74 Å². The van der Waals surface area contributed by atoms with Crippen molar-refractivity contribution in [2.75, 3.05) is 38.5 Å². The Morgan fingerprint density at radius 2 is 1.95 bits per heavy atom. The number of rotatable bonds is 3. The summed E-state index contributed by atoms with van der Waals surface area (Å²) < 4.78 is 7.12. The fraction of sp³-hybridized carbons (Fsp3) is 0.462. The van der Waals surface area contributed by atoms with Crippen LogP contribution in [-0.2, 0) is 4.74 Å². The quantitative estimate of drug-likeness (QED) is 0.363. The molecule has 104 valence electrons. The molecular formula is C13H21N5O. The Bertz CT molecular complexity index is 485. The van der Waals surface area contributed by atoms with Gasteiger partial charge >= 0.3 is 0 Å². The lowest BCUT2D eigenvalue weighted by Crippen LogP contribution is -2.45. The summed E-state index contributed by atoms with van der Waals surface area (Å²) in [4.78, 5) is 2.00. The molecule has 19 heavy (non-hydrogen) atoms. The third-order valence-electron chi connectivity index (χ3n) is 3.18. The minimum Gasteiger partial charge on any atom is -0.378 e. The zero-order chi connectivity index (χ0) is 14.0. The van der Waals surface area contributed by atoms with Gasteiger partial charge in [0.15, 0.2) is 0 Å². The van der Waals surface area contributed by atoms with Crippen LogP contribution in [0.1, 0.15) is 18.3 Å². The monoisotopic (exact) mass is 263 g/mol. The smallest absolute Gasteiger partial charge is 0.147 e. The van der Waals surface area contributed by atoms with Crippen LogP contribution in [0.5, 0.6) is 0 Å². The van der Waals surface area contributed by atoms with E-state index in [0.29, 0.717) is 19.0 Å². The second kappa shape index (κ2) is 5.46. The van der Waals surface area contributed by atoms with E-state index in [2.05, 4.69) is 6.58 Å². The number of morpholine rings is 1. The highest BCUT2D eigenvalue weighted by Gasteiger charge is 2.21. The van der Waals surface area contributed by atoms with Crippen molar-refractivity contribution >= 4 is 11.4 Å². The van der Waals surface area contributed by atoms with Gasteiger partial charge in [0.05, 0.1) is 18.9 Å². The molecule has 2 heterocycles. The second-order valence-electron chi connectivity index (χ2n) is 4.72. The Labute approximate surface area is 113 Å². The van der Waals surface area contributed by atoms with Crippen LogP contribution in [0.3, 0.4) is 0 Å². The minimum absolute atomic E-state index is 0.466. The number of ether oxygens (including phenoxy) is 1. The van der Waals surface area contributed by atoms with Gasteiger partial charge in [-0.15, -0.1) is 0 Å². The van der Waals surface area contributed by atoms with Crippen LogP contribution in [0.15, 0.2) is 18.7 Å². The van der Waals surface area contributed by atoms with Crippen molar-refractivity contribution in [3.05, 3.63) is 30.1 Å². The van der Waals surface area contributed by atoms with Gasteiger partial charge in [0.1, 0.15) is 11.5 Å². The predicted octanol–water partition coefficient (Wildman–Crippen LogP) is 0.620. The van der Waals surface area contributed by atoms with Crippen molar-refractivity contribution in [2.24, 2.45) is 5.84 Å². The molecule has 0 atom stereocenters.